The molecule has 0 radical (unpaired) electrons. The molecule has 258 valence electrons. The molecule has 0 aliphatic heterocycles. The van der Waals surface area contributed by atoms with Gasteiger partial charge in [0, 0.05) is 0 Å². The summed E-state index contributed by atoms with van der Waals surface area (Å²) in [6, 6.07) is 76.6. The molecule has 0 nitrogen and oxygen atoms in total. The van der Waals surface area contributed by atoms with Gasteiger partial charge in [-0.15, -0.1) is 0 Å². The molecule has 0 bridgehead atoms. The molecule has 0 unspecified atom stereocenters. The predicted octanol–water partition coefficient (Wildman–Crippen LogP) is 15.8. The van der Waals surface area contributed by atoms with Gasteiger partial charge in [0.15, 0.2) is 0 Å². The fourth-order valence-corrected chi connectivity index (χ4v) is 10.0. The summed E-state index contributed by atoms with van der Waals surface area (Å²) in [5.41, 5.74) is 15.2. The number of benzene rings is 11. The van der Waals surface area contributed by atoms with Crippen molar-refractivity contribution in [3.8, 4) is 66.8 Å². The van der Waals surface area contributed by atoms with Gasteiger partial charge in [-0.2, -0.15) is 0 Å². The molecule has 0 N–H and O–H groups in total. The van der Waals surface area contributed by atoms with Gasteiger partial charge in [0.05, 0.1) is 0 Å². The Morgan fingerprint density at radius 3 is 0.875 bits per heavy atom. The molecular weight excluding hydrogens is 673 g/mol. The highest BCUT2D eigenvalue weighted by atomic mass is 14.4. The first-order valence-electron chi connectivity index (χ1n) is 19.5. The van der Waals surface area contributed by atoms with Crippen molar-refractivity contribution in [2.45, 2.75) is 0 Å². The van der Waals surface area contributed by atoms with Gasteiger partial charge in [0.2, 0.25) is 0 Å². The second kappa shape index (κ2) is 12.1. The Hall–Kier alpha value is -7.28. The van der Waals surface area contributed by atoms with Gasteiger partial charge in [0.25, 0.3) is 0 Å². The summed E-state index contributed by atoms with van der Waals surface area (Å²) in [7, 11) is 0. The van der Waals surface area contributed by atoms with E-state index in [1.807, 2.05) is 0 Å². The van der Waals surface area contributed by atoms with Crippen LogP contribution in [0.5, 0.6) is 0 Å². The minimum atomic E-state index is 1.22. The normalized spacial score (nSPS) is 11.9. The Kier molecular flexibility index (Phi) is 6.73. The molecule has 1 aliphatic carbocycles. The second-order valence-electron chi connectivity index (χ2n) is 15.0. The molecule has 0 heteroatoms. The number of hydrogen-bond donors (Lipinski definition) is 0. The van der Waals surface area contributed by atoms with Crippen molar-refractivity contribution in [2.24, 2.45) is 0 Å². The van der Waals surface area contributed by atoms with Crippen LogP contribution < -0.4 is 0 Å². The first-order chi connectivity index (χ1) is 27.9. The SMILES string of the molecule is c1ccc(-c2c3c(c(-c4ccccc4)c4c(-c5ccccc5)c5c6ccccc6c6ccccc6c5c(-c5ccccc5)c24)-c2cccc4cccc-3c24)cc1. The Bertz CT molecular complexity index is 3140. The Morgan fingerprint density at radius 1 is 0.179 bits per heavy atom. The fourth-order valence-electron chi connectivity index (χ4n) is 10.0. The number of fused-ring (bicyclic) bond motifs is 10. The van der Waals surface area contributed by atoms with Gasteiger partial charge in [0.1, 0.15) is 0 Å². The van der Waals surface area contributed by atoms with Crippen LogP contribution in [0.4, 0.5) is 0 Å². The third-order valence-corrected chi connectivity index (χ3v) is 12.1. The summed E-state index contributed by atoms with van der Waals surface area (Å²) >= 11 is 0. The quantitative estimate of drug-likeness (QED) is 0.126. The van der Waals surface area contributed by atoms with Crippen molar-refractivity contribution >= 4 is 53.9 Å². The molecule has 0 saturated heterocycles. The molecule has 0 amide bonds. The van der Waals surface area contributed by atoms with Gasteiger partial charge < -0.3 is 0 Å². The molecule has 12 rings (SSSR count). The topological polar surface area (TPSA) is 0 Å². The van der Waals surface area contributed by atoms with Crippen molar-refractivity contribution in [3.05, 3.63) is 206 Å². The van der Waals surface area contributed by atoms with E-state index in [4.69, 9.17) is 0 Å². The van der Waals surface area contributed by atoms with Crippen LogP contribution in [0.25, 0.3) is 121 Å². The Labute approximate surface area is 325 Å². The predicted molar refractivity (Wildman–Crippen MR) is 240 cm³/mol. The molecule has 11 aromatic carbocycles. The summed E-state index contributed by atoms with van der Waals surface area (Å²) < 4.78 is 0. The summed E-state index contributed by atoms with van der Waals surface area (Å²) in [5, 5.41) is 12.8. The zero-order valence-electron chi connectivity index (χ0n) is 30.6. The van der Waals surface area contributed by atoms with Crippen LogP contribution in [0.1, 0.15) is 0 Å². The molecule has 11 aromatic rings. The van der Waals surface area contributed by atoms with Crippen LogP contribution in [0, 0.1) is 0 Å². The van der Waals surface area contributed by atoms with E-state index in [0.29, 0.717) is 0 Å². The number of hydrogen-bond acceptors (Lipinski definition) is 0. The third kappa shape index (κ3) is 4.30. The largest absolute Gasteiger partial charge is 0.0622 e. The van der Waals surface area contributed by atoms with Gasteiger partial charge in [-0.1, -0.05) is 206 Å². The summed E-state index contributed by atoms with van der Waals surface area (Å²) in [6.07, 6.45) is 0. The molecular formula is C56H34. The van der Waals surface area contributed by atoms with E-state index in [2.05, 4.69) is 206 Å². The first kappa shape index (κ1) is 31.1. The van der Waals surface area contributed by atoms with E-state index in [1.54, 1.807) is 0 Å². The van der Waals surface area contributed by atoms with Gasteiger partial charge in [-0.3, -0.25) is 0 Å². The molecule has 0 heterocycles. The first-order valence-corrected chi connectivity index (χ1v) is 19.5. The number of rotatable bonds is 4. The average molecular weight is 707 g/mol. The molecule has 0 spiro atoms. The molecule has 1 aliphatic rings. The summed E-state index contributed by atoms with van der Waals surface area (Å²) in [6.45, 7) is 0. The standard InChI is InChI=1S/C56H34/c1-5-19-36(20-6-1)47-51-42-31-15-13-29-40(42)41-30-14-16-32-43(41)52(51)48(37-21-7-2-8-22-37)56-50(39-25-11-4-12-26-39)54-45-34-18-28-35-27-17-33-44(46(35)45)53(54)49(55(47)56)38-23-9-3-10-24-38/h1-34H. The highest BCUT2D eigenvalue weighted by molar-refractivity contribution is 6.41. The highest BCUT2D eigenvalue weighted by Crippen LogP contribution is 2.62. The third-order valence-electron chi connectivity index (χ3n) is 12.1. The molecule has 0 fully saturated rings. The van der Waals surface area contributed by atoms with Crippen molar-refractivity contribution in [3.63, 3.8) is 0 Å². The molecule has 0 saturated carbocycles. The second-order valence-corrected chi connectivity index (χ2v) is 15.0. The van der Waals surface area contributed by atoms with Crippen LogP contribution in [0.3, 0.4) is 0 Å². The van der Waals surface area contributed by atoms with Crippen molar-refractivity contribution in [1.29, 1.82) is 0 Å². The lowest BCUT2D eigenvalue weighted by molar-refractivity contribution is 1.61. The Morgan fingerprint density at radius 2 is 0.500 bits per heavy atom. The van der Waals surface area contributed by atoms with E-state index < -0.39 is 0 Å². The summed E-state index contributed by atoms with van der Waals surface area (Å²) in [5.74, 6) is 0. The molecule has 56 heavy (non-hydrogen) atoms. The average Bonchev–Trinajstić information content (AvgIpc) is 3.61. The van der Waals surface area contributed by atoms with Crippen molar-refractivity contribution in [1.82, 2.24) is 0 Å². The van der Waals surface area contributed by atoms with Crippen LogP contribution in [0.2, 0.25) is 0 Å². The van der Waals surface area contributed by atoms with Crippen LogP contribution in [0.15, 0.2) is 206 Å². The minimum absolute atomic E-state index is 1.22. The van der Waals surface area contributed by atoms with Gasteiger partial charge >= 0.3 is 0 Å². The lowest BCUT2D eigenvalue weighted by atomic mass is 9.74. The maximum Gasteiger partial charge on any atom is -0.0000929 e. The zero-order valence-corrected chi connectivity index (χ0v) is 30.6. The maximum atomic E-state index is 2.36. The Balaban J connectivity index is 1.52. The molecule has 0 aromatic heterocycles. The highest BCUT2D eigenvalue weighted by Gasteiger charge is 2.34. The monoisotopic (exact) mass is 706 g/mol. The van der Waals surface area contributed by atoms with E-state index in [9.17, 15) is 0 Å². The van der Waals surface area contributed by atoms with Crippen molar-refractivity contribution in [2.75, 3.05) is 0 Å². The van der Waals surface area contributed by atoms with Crippen LogP contribution >= 0.6 is 0 Å². The summed E-state index contributed by atoms with van der Waals surface area (Å²) in [4.78, 5) is 0. The van der Waals surface area contributed by atoms with Crippen molar-refractivity contribution < 1.29 is 0 Å². The fraction of sp³-hybridized carbons (Fsp3) is 0. The van der Waals surface area contributed by atoms with E-state index in [0.717, 1.165) is 0 Å². The van der Waals surface area contributed by atoms with Crippen LogP contribution in [-0.2, 0) is 0 Å². The van der Waals surface area contributed by atoms with Gasteiger partial charge in [-0.25, -0.2) is 0 Å². The zero-order chi connectivity index (χ0) is 36.7. The van der Waals surface area contributed by atoms with Crippen LogP contribution in [-0.4, -0.2) is 0 Å². The smallest absolute Gasteiger partial charge is 0.0000929 e. The molecule has 0 atom stereocenters. The maximum absolute atomic E-state index is 2.36. The van der Waals surface area contributed by atoms with Gasteiger partial charge in [-0.05, 0) is 121 Å². The van der Waals surface area contributed by atoms with E-state index in [-0.39, 0.29) is 0 Å². The van der Waals surface area contributed by atoms with E-state index >= 15 is 0 Å². The minimum Gasteiger partial charge on any atom is -0.0622 e. The lowest BCUT2D eigenvalue weighted by Crippen LogP contribution is -2.00. The van der Waals surface area contributed by atoms with E-state index in [1.165, 1.54) is 121 Å². The lowest BCUT2D eigenvalue weighted by Gasteiger charge is -2.28.